The van der Waals surface area contributed by atoms with Gasteiger partial charge in [-0.25, -0.2) is 18.6 Å². The van der Waals surface area contributed by atoms with Crippen LogP contribution in [0, 0.1) is 11.6 Å². The lowest BCUT2D eigenvalue weighted by Gasteiger charge is -2.09. The molecule has 0 bridgehead atoms. The van der Waals surface area contributed by atoms with E-state index in [1.54, 1.807) is 0 Å². The Kier molecular flexibility index (Phi) is 3.68. The maximum atomic E-state index is 13.8. The van der Waals surface area contributed by atoms with Crippen molar-refractivity contribution in [3.05, 3.63) is 51.8 Å². The van der Waals surface area contributed by atoms with E-state index in [1.165, 1.54) is 12.1 Å². The average molecular weight is 304 g/mol. The molecule has 2 aromatic rings. The predicted molar refractivity (Wildman–Crippen MR) is 66.6 cm³/mol. The third-order valence-electron chi connectivity index (χ3n) is 2.34. The highest BCUT2D eigenvalue weighted by Crippen LogP contribution is 2.31. The van der Waals surface area contributed by atoms with Crippen LogP contribution >= 0.6 is 23.2 Å². The normalized spacial score (nSPS) is 10.5. The summed E-state index contributed by atoms with van der Waals surface area (Å²) >= 11 is 11.4. The summed E-state index contributed by atoms with van der Waals surface area (Å²) < 4.78 is 26.9. The van der Waals surface area contributed by atoms with Crippen molar-refractivity contribution in [2.24, 2.45) is 0 Å². The second-order valence-electron chi connectivity index (χ2n) is 3.62. The molecule has 0 saturated heterocycles. The summed E-state index contributed by atoms with van der Waals surface area (Å²) in [4.78, 5) is 14.7. The van der Waals surface area contributed by atoms with Crippen LogP contribution in [0.5, 0.6) is 0 Å². The molecular weight excluding hydrogens is 299 g/mol. The summed E-state index contributed by atoms with van der Waals surface area (Å²) in [5, 5.41) is 8.95. The standard InChI is InChI=1S/C12H5Cl2F2NO2/c13-9-1-5(2-10(14)17-9)11-7(12(18)19)3-6(15)4-8(11)16/h1-4H,(H,18,19). The molecule has 0 aliphatic rings. The zero-order valence-electron chi connectivity index (χ0n) is 9.12. The lowest BCUT2D eigenvalue weighted by atomic mass is 10.00. The number of carboxylic acid groups (broad SMARTS) is 1. The van der Waals surface area contributed by atoms with Crippen LogP contribution in [-0.2, 0) is 0 Å². The summed E-state index contributed by atoms with van der Waals surface area (Å²) in [5.41, 5.74) is -0.698. The molecule has 19 heavy (non-hydrogen) atoms. The van der Waals surface area contributed by atoms with Gasteiger partial charge in [0.05, 0.1) is 5.56 Å². The van der Waals surface area contributed by atoms with Crippen molar-refractivity contribution in [2.45, 2.75) is 0 Å². The Bertz CT molecular complexity index is 657. The quantitative estimate of drug-likeness (QED) is 0.852. The van der Waals surface area contributed by atoms with Crippen molar-refractivity contribution in [1.82, 2.24) is 4.98 Å². The van der Waals surface area contributed by atoms with Gasteiger partial charge in [0.25, 0.3) is 0 Å². The van der Waals surface area contributed by atoms with Crippen LogP contribution in [0.25, 0.3) is 11.1 Å². The van der Waals surface area contributed by atoms with Gasteiger partial charge in [0, 0.05) is 11.6 Å². The van der Waals surface area contributed by atoms with Gasteiger partial charge in [0.15, 0.2) is 0 Å². The molecule has 7 heteroatoms. The van der Waals surface area contributed by atoms with Gasteiger partial charge < -0.3 is 5.11 Å². The molecule has 0 spiro atoms. The molecule has 0 amide bonds. The fourth-order valence-corrected chi connectivity index (χ4v) is 2.11. The van der Waals surface area contributed by atoms with Crippen molar-refractivity contribution in [3.8, 4) is 11.1 Å². The van der Waals surface area contributed by atoms with Crippen LogP contribution in [0.4, 0.5) is 8.78 Å². The zero-order chi connectivity index (χ0) is 14.2. The van der Waals surface area contributed by atoms with Gasteiger partial charge in [0.1, 0.15) is 21.9 Å². The van der Waals surface area contributed by atoms with E-state index in [9.17, 15) is 13.6 Å². The number of carbonyl (C=O) groups is 1. The molecule has 0 aliphatic heterocycles. The summed E-state index contributed by atoms with van der Waals surface area (Å²) in [5.74, 6) is -3.46. The number of aromatic carboxylic acids is 1. The lowest BCUT2D eigenvalue weighted by molar-refractivity contribution is 0.0696. The Morgan fingerprint density at radius 3 is 2.21 bits per heavy atom. The van der Waals surface area contributed by atoms with Crippen molar-refractivity contribution in [2.75, 3.05) is 0 Å². The third kappa shape index (κ3) is 2.83. The molecule has 0 unspecified atom stereocenters. The molecule has 2 rings (SSSR count). The molecule has 0 fully saturated rings. The number of hydrogen-bond donors (Lipinski definition) is 1. The molecule has 0 radical (unpaired) electrons. The first-order chi connectivity index (χ1) is 8.88. The minimum atomic E-state index is -1.46. The average Bonchev–Trinajstić information content (AvgIpc) is 2.25. The van der Waals surface area contributed by atoms with E-state index in [0.717, 1.165) is 6.07 Å². The van der Waals surface area contributed by atoms with Gasteiger partial charge in [-0.2, -0.15) is 0 Å². The van der Waals surface area contributed by atoms with E-state index in [0.29, 0.717) is 6.07 Å². The Balaban J connectivity index is 2.77. The maximum Gasteiger partial charge on any atom is 0.336 e. The highest BCUT2D eigenvalue weighted by atomic mass is 35.5. The van der Waals surface area contributed by atoms with Crippen molar-refractivity contribution < 1.29 is 18.7 Å². The van der Waals surface area contributed by atoms with Gasteiger partial charge >= 0.3 is 5.97 Å². The maximum absolute atomic E-state index is 13.8. The molecule has 0 aliphatic carbocycles. The topological polar surface area (TPSA) is 50.2 Å². The highest BCUT2D eigenvalue weighted by Gasteiger charge is 2.19. The van der Waals surface area contributed by atoms with E-state index in [1.807, 2.05) is 0 Å². The van der Waals surface area contributed by atoms with Crippen LogP contribution in [0.15, 0.2) is 24.3 Å². The zero-order valence-corrected chi connectivity index (χ0v) is 10.6. The van der Waals surface area contributed by atoms with Crippen LogP contribution in [0.1, 0.15) is 10.4 Å². The van der Waals surface area contributed by atoms with Gasteiger partial charge in [-0.1, -0.05) is 23.2 Å². The van der Waals surface area contributed by atoms with E-state index in [4.69, 9.17) is 28.3 Å². The van der Waals surface area contributed by atoms with E-state index >= 15 is 0 Å². The largest absolute Gasteiger partial charge is 0.478 e. The molecule has 0 atom stereocenters. The minimum absolute atomic E-state index is 0.0254. The fourth-order valence-electron chi connectivity index (χ4n) is 1.64. The van der Waals surface area contributed by atoms with Gasteiger partial charge in [-0.3, -0.25) is 0 Å². The first-order valence-electron chi connectivity index (χ1n) is 4.94. The van der Waals surface area contributed by atoms with E-state index < -0.39 is 23.2 Å². The van der Waals surface area contributed by atoms with Crippen LogP contribution in [0.2, 0.25) is 10.3 Å². The predicted octanol–water partition coefficient (Wildman–Crippen LogP) is 4.03. The second kappa shape index (κ2) is 5.11. The van der Waals surface area contributed by atoms with Crippen molar-refractivity contribution in [3.63, 3.8) is 0 Å². The molecule has 0 saturated carbocycles. The smallest absolute Gasteiger partial charge is 0.336 e. The molecule has 1 aromatic carbocycles. The fraction of sp³-hybridized carbons (Fsp3) is 0. The van der Waals surface area contributed by atoms with Gasteiger partial charge in [-0.15, -0.1) is 0 Å². The number of carboxylic acids is 1. The van der Waals surface area contributed by atoms with Crippen molar-refractivity contribution >= 4 is 29.2 Å². The summed E-state index contributed by atoms with van der Waals surface area (Å²) in [6, 6.07) is 3.80. The second-order valence-corrected chi connectivity index (χ2v) is 4.39. The molecule has 3 nitrogen and oxygen atoms in total. The van der Waals surface area contributed by atoms with Crippen molar-refractivity contribution in [1.29, 1.82) is 0 Å². The Morgan fingerprint density at radius 2 is 1.68 bits per heavy atom. The third-order valence-corrected chi connectivity index (χ3v) is 2.72. The Hall–Kier alpha value is -1.72. The summed E-state index contributed by atoms with van der Waals surface area (Å²) in [6.07, 6.45) is 0. The van der Waals surface area contributed by atoms with Gasteiger partial charge in [0.2, 0.25) is 0 Å². The number of benzene rings is 1. The number of hydrogen-bond acceptors (Lipinski definition) is 2. The first kappa shape index (κ1) is 13.7. The van der Waals surface area contributed by atoms with Crippen LogP contribution in [0.3, 0.4) is 0 Å². The summed E-state index contributed by atoms with van der Waals surface area (Å²) in [7, 11) is 0. The number of halogens is 4. The van der Waals surface area contributed by atoms with Crippen LogP contribution < -0.4 is 0 Å². The Morgan fingerprint density at radius 1 is 1.11 bits per heavy atom. The minimum Gasteiger partial charge on any atom is -0.478 e. The van der Waals surface area contributed by atoms with Crippen LogP contribution in [-0.4, -0.2) is 16.1 Å². The molecular formula is C12H5Cl2F2NO2. The van der Waals surface area contributed by atoms with Gasteiger partial charge in [-0.05, 0) is 23.8 Å². The molecule has 1 N–H and O–H groups in total. The molecule has 1 aromatic heterocycles. The Labute approximate surface area is 116 Å². The first-order valence-corrected chi connectivity index (χ1v) is 5.70. The number of aromatic nitrogens is 1. The monoisotopic (exact) mass is 303 g/mol. The molecule has 98 valence electrons. The SMILES string of the molecule is O=C(O)c1cc(F)cc(F)c1-c1cc(Cl)nc(Cl)c1. The number of nitrogens with zero attached hydrogens (tertiary/aromatic N) is 1. The summed E-state index contributed by atoms with van der Waals surface area (Å²) in [6.45, 7) is 0. The van der Waals surface area contributed by atoms with E-state index in [-0.39, 0.29) is 21.4 Å². The highest BCUT2D eigenvalue weighted by molar-refractivity contribution is 6.32. The number of pyridine rings is 1. The molecule has 1 heterocycles. The van der Waals surface area contributed by atoms with E-state index in [2.05, 4.69) is 4.98 Å². The number of rotatable bonds is 2. The lowest BCUT2D eigenvalue weighted by Crippen LogP contribution is -2.03.